The molecule has 0 spiro atoms. The van der Waals surface area contributed by atoms with Gasteiger partial charge >= 0.3 is 0 Å². The second kappa shape index (κ2) is 4.04. The highest BCUT2D eigenvalue weighted by Crippen LogP contribution is 2.40. The maximum absolute atomic E-state index is 12.3. The van der Waals surface area contributed by atoms with Gasteiger partial charge in [0.25, 0.3) is 5.91 Å². The number of likely N-dealkylation sites (N-methyl/N-ethyl adjacent to an activating group) is 2. The molecule has 4 heteroatoms. The van der Waals surface area contributed by atoms with E-state index in [-0.39, 0.29) is 5.91 Å². The van der Waals surface area contributed by atoms with Crippen LogP contribution in [0, 0.1) is 0 Å². The van der Waals surface area contributed by atoms with Crippen LogP contribution in [0.15, 0.2) is 18.2 Å². The van der Waals surface area contributed by atoms with Gasteiger partial charge in [0.05, 0.1) is 7.11 Å². The topological polar surface area (TPSA) is 41.6 Å². The number of ether oxygens (including phenoxy) is 1. The number of hydrogen-bond donors (Lipinski definition) is 1. The molecule has 1 amide bonds. The Bertz CT molecular complexity index is 459. The zero-order valence-corrected chi connectivity index (χ0v) is 10.7. The Kier molecular flexibility index (Phi) is 2.83. The second-order valence-corrected chi connectivity index (χ2v) is 4.40. The number of methoxy groups -OCH3 is 1. The van der Waals surface area contributed by atoms with Crippen LogP contribution < -0.4 is 15.0 Å². The Hall–Kier alpha value is -1.55. The van der Waals surface area contributed by atoms with Crippen molar-refractivity contribution >= 4 is 11.6 Å². The molecule has 17 heavy (non-hydrogen) atoms. The van der Waals surface area contributed by atoms with Gasteiger partial charge in [-0.25, -0.2) is 0 Å². The maximum Gasteiger partial charge on any atom is 0.251 e. The Morgan fingerprint density at radius 3 is 2.76 bits per heavy atom. The number of rotatable bonds is 3. The van der Waals surface area contributed by atoms with Crippen LogP contribution in [-0.4, -0.2) is 26.6 Å². The number of hydrogen-bond acceptors (Lipinski definition) is 3. The molecule has 0 radical (unpaired) electrons. The largest absolute Gasteiger partial charge is 0.497 e. The van der Waals surface area contributed by atoms with Crippen LogP contribution in [0.3, 0.4) is 0 Å². The summed E-state index contributed by atoms with van der Waals surface area (Å²) in [6.45, 7) is 4.66. The molecule has 1 N–H and O–H groups in total. The molecule has 1 heterocycles. The fraction of sp³-hybridized carbons (Fsp3) is 0.462. The average Bonchev–Trinajstić information content (AvgIpc) is 2.52. The van der Waals surface area contributed by atoms with Gasteiger partial charge in [0.2, 0.25) is 0 Å². The van der Waals surface area contributed by atoms with E-state index in [0.717, 1.165) is 23.5 Å². The molecule has 92 valence electrons. The quantitative estimate of drug-likeness (QED) is 0.861. The van der Waals surface area contributed by atoms with Gasteiger partial charge in [0.1, 0.15) is 11.3 Å². The summed E-state index contributed by atoms with van der Waals surface area (Å²) in [4.78, 5) is 14.0. The Balaban J connectivity index is 2.57. The average molecular weight is 234 g/mol. The highest BCUT2D eigenvalue weighted by atomic mass is 16.5. The first kappa shape index (κ1) is 11.9. The van der Waals surface area contributed by atoms with Crippen molar-refractivity contribution < 1.29 is 9.53 Å². The number of nitrogens with one attached hydrogen (secondary N) is 1. The number of nitrogens with zero attached hydrogens (tertiary/aromatic N) is 1. The van der Waals surface area contributed by atoms with Crippen molar-refractivity contribution in [2.75, 3.05) is 25.6 Å². The van der Waals surface area contributed by atoms with Crippen molar-refractivity contribution in [1.82, 2.24) is 5.32 Å². The van der Waals surface area contributed by atoms with Crippen LogP contribution in [0.4, 0.5) is 5.69 Å². The zero-order chi connectivity index (χ0) is 12.6. The predicted molar refractivity (Wildman–Crippen MR) is 67.4 cm³/mol. The van der Waals surface area contributed by atoms with Gasteiger partial charge in [-0.05, 0) is 31.7 Å². The van der Waals surface area contributed by atoms with E-state index in [9.17, 15) is 4.79 Å². The first-order chi connectivity index (χ1) is 8.04. The van der Waals surface area contributed by atoms with Gasteiger partial charge in [-0.1, -0.05) is 6.92 Å². The summed E-state index contributed by atoms with van der Waals surface area (Å²) in [6.07, 6.45) is 0. The van der Waals surface area contributed by atoms with Gasteiger partial charge in [-0.15, -0.1) is 0 Å². The van der Waals surface area contributed by atoms with E-state index in [1.54, 1.807) is 19.1 Å². The van der Waals surface area contributed by atoms with E-state index >= 15 is 0 Å². The molecule has 0 fully saturated rings. The summed E-state index contributed by atoms with van der Waals surface area (Å²) in [5.41, 5.74) is 1.28. The standard InChI is InChI=1S/C13H18N2O2/c1-5-14-13(2)10-8-9(17-4)6-7-11(10)15(3)12(13)16/h6-8,14H,5H2,1-4H3. The van der Waals surface area contributed by atoms with E-state index in [4.69, 9.17) is 4.74 Å². The van der Waals surface area contributed by atoms with Crippen LogP contribution in [0.2, 0.25) is 0 Å². The smallest absolute Gasteiger partial charge is 0.251 e. The predicted octanol–water partition coefficient (Wildman–Crippen LogP) is 1.50. The number of amides is 1. The summed E-state index contributed by atoms with van der Waals surface area (Å²) in [7, 11) is 3.43. The number of anilines is 1. The van der Waals surface area contributed by atoms with Crippen LogP contribution in [0.1, 0.15) is 19.4 Å². The summed E-state index contributed by atoms with van der Waals surface area (Å²) < 4.78 is 5.22. The van der Waals surface area contributed by atoms with E-state index < -0.39 is 5.54 Å². The lowest BCUT2D eigenvalue weighted by Gasteiger charge is -2.24. The van der Waals surface area contributed by atoms with Crippen molar-refractivity contribution in [2.24, 2.45) is 0 Å². The molecule has 0 bridgehead atoms. The van der Waals surface area contributed by atoms with E-state index in [1.807, 2.05) is 32.0 Å². The van der Waals surface area contributed by atoms with Gasteiger partial charge in [-0.2, -0.15) is 0 Å². The normalized spacial score (nSPS) is 22.8. The van der Waals surface area contributed by atoms with E-state index in [1.165, 1.54) is 0 Å². The van der Waals surface area contributed by atoms with Crippen LogP contribution >= 0.6 is 0 Å². The van der Waals surface area contributed by atoms with Crippen molar-refractivity contribution in [3.05, 3.63) is 23.8 Å². The lowest BCUT2D eigenvalue weighted by Crippen LogP contribution is -2.47. The second-order valence-electron chi connectivity index (χ2n) is 4.40. The van der Waals surface area contributed by atoms with Gasteiger partial charge in [0, 0.05) is 18.3 Å². The molecular formula is C13H18N2O2. The highest BCUT2D eigenvalue weighted by Gasteiger charge is 2.45. The third-order valence-electron chi connectivity index (χ3n) is 3.37. The minimum Gasteiger partial charge on any atom is -0.497 e. The minimum absolute atomic E-state index is 0.0719. The minimum atomic E-state index is -0.645. The third kappa shape index (κ3) is 1.60. The van der Waals surface area contributed by atoms with Crippen molar-refractivity contribution in [3.8, 4) is 5.75 Å². The maximum atomic E-state index is 12.3. The van der Waals surface area contributed by atoms with E-state index in [2.05, 4.69) is 5.32 Å². The number of fused-ring (bicyclic) bond motifs is 1. The highest BCUT2D eigenvalue weighted by molar-refractivity contribution is 6.07. The van der Waals surface area contributed by atoms with Crippen molar-refractivity contribution in [3.63, 3.8) is 0 Å². The Labute approximate surface area is 102 Å². The molecule has 0 saturated heterocycles. The molecule has 2 rings (SSSR count). The fourth-order valence-corrected chi connectivity index (χ4v) is 2.42. The lowest BCUT2D eigenvalue weighted by molar-refractivity contribution is -0.123. The molecular weight excluding hydrogens is 216 g/mol. The lowest BCUT2D eigenvalue weighted by atomic mass is 9.93. The van der Waals surface area contributed by atoms with E-state index in [0.29, 0.717) is 0 Å². The molecule has 0 aliphatic carbocycles. The fourth-order valence-electron chi connectivity index (χ4n) is 2.42. The first-order valence-electron chi connectivity index (χ1n) is 5.76. The molecule has 0 saturated carbocycles. The van der Waals surface area contributed by atoms with Gasteiger partial charge in [-0.3, -0.25) is 4.79 Å². The SMILES string of the molecule is CCNC1(C)C(=O)N(C)c2ccc(OC)cc21. The van der Waals surface area contributed by atoms with Crippen LogP contribution in [-0.2, 0) is 10.3 Å². The van der Waals surface area contributed by atoms with Gasteiger partial charge < -0.3 is 15.0 Å². The molecule has 1 atom stereocenters. The monoisotopic (exact) mass is 234 g/mol. The van der Waals surface area contributed by atoms with Gasteiger partial charge in [0.15, 0.2) is 0 Å². The van der Waals surface area contributed by atoms with Crippen LogP contribution in [0.5, 0.6) is 5.75 Å². The molecule has 1 unspecified atom stereocenters. The Morgan fingerprint density at radius 2 is 2.18 bits per heavy atom. The molecule has 1 aromatic carbocycles. The third-order valence-corrected chi connectivity index (χ3v) is 3.37. The number of benzene rings is 1. The molecule has 1 aliphatic heterocycles. The first-order valence-corrected chi connectivity index (χ1v) is 5.76. The summed E-state index contributed by atoms with van der Waals surface area (Å²) in [6, 6.07) is 5.73. The van der Waals surface area contributed by atoms with Crippen molar-refractivity contribution in [1.29, 1.82) is 0 Å². The van der Waals surface area contributed by atoms with Crippen LogP contribution in [0.25, 0.3) is 0 Å². The Morgan fingerprint density at radius 1 is 1.47 bits per heavy atom. The summed E-state index contributed by atoms with van der Waals surface area (Å²) in [5.74, 6) is 0.846. The summed E-state index contributed by atoms with van der Waals surface area (Å²) in [5, 5.41) is 3.26. The molecule has 1 aliphatic rings. The summed E-state index contributed by atoms with van der Waals surface area (Å²) >= 11 is 0. The molecule has 0 aromatic heterocycles. The molecule has 4 nitrogen and oxygen atoms in total. The zero-order valence-electron chi connectivity index (χ0n) is 10.7. The number of carbonyl (C=O) groups excluding carboxylic acids is 1. The van der Waals surface area contributed by atoms with Crippen molar-refractivity contribution in [2.45, 2.75) is 19.4 Å². The molecule has 1 aromatic rings. The number of carbonyl (C=O) groups is 1.